The van der Waals surface area contributed by atoms with Crippen LogP contribution in [0.1, 0.15) is 23.7 Å². The molecule has 0 aliphatic rings. The van der Waals surface area contributed by atoms with Gasteiger partial charge in [-0.15, -0.1) is 0 Å². The maximum absolute atomic E-state index is 11.8. The second-order valence-electron chi connectivity index (χ2n) is 3.58. The van der Waals surface area contributed by atoms with E-state index in [4.69, 9.17) is 0 Å². The summed E-state index contributed by atoms with van der Waals surface area (Å²) in [6.07, 6.45) is 0.285. The number of rotatable bonds is 5. The maximum atomic E-state index is 11.8. The number of hydrogen-bond acceptors (Lipinski definition) is 2. The summed E-state index contributed by atoms with van der Waals surface area (Å²) in [5, 5.41) is 5.38. The zero-order valence-electron chi connectivity index (χ0n) is 9.93. The monoisotopic (exact) mass is 376 g/mol. The van der Waals surface area contributed by atoms with Crippen molar-refractivity contribution in [3.05, 3.63) is 32.7 Å². The van der Waals surface area contributed by atoms with Crippen molar-refractivity contribution >= 4 is 43.7 Å². The van der Waals surface area contributed by atoms with Gasteiger partial charge in [-0.25, -0.2) is 0 Å². The Kier molecular flexibility index (Phi) is 6.35. The third kappa shape index (κ3) is 4.78. The quantitative estimate of drug-likeness (QED) is 0.828. The molecule has 1 aromatic carbocycles. The van der Waals surface area contributed by atoms with Crippen LogP contribution in [-0.2, 0) is 4.79 Å². The lowest BCUT2D eigenvalue weighted by atomic mass is 10.2. The zero-order chi connectivity index (χ0) is 13.5. The largest absolute Gasteiger partial charge is 0.356 e. The van der Waals surface area contributed by atoms with Crippen molar-refractivity contribution in [3.8, 4) is 0 Å². The van der Waals surface area contributed by atoms with E-state index < -0.39 is 0 Å². The highest BCUT2D eigenvalue weighted by Gasteiger charge is 2.10. The summed E-state index contributed by atoms with van der Waals surface area (Å²) < 4.78 is 1.61. The van der Waals surface area contributed by atoms with Crippen LogP contribution >= 0.6 is 31.9 Å². The third-order valence-corrected chi connectivity index (χ3v) is 3.34. The highest BCUT2D eigenvalue weighted by atomic mass is 79.9. The minimum absolute atomic E-state index is 0.0623. The fourth-order valence-corrected chi connectivity index (χ4v) is 2.57. The Bertz CT molecular complexity index is 450. The summed E-state index contributed by atoms with van der Waals surface area (Å²) in [5.74, 6) is -0.258. The van der Waals surface area contributed by atoms with Crippen LogP contribution in [0, 0.1) is 0 Å². The Labute approximate surface area is 123 Å². The Balaban J connectivity index is 2.48. The smallest absolute Gasteiger partial charge is 0.252 e. The minimum Gasteiger partial charge on any atom is -0.356 e. The average molecular weight is 378 g/mol. The first-order valence-corrected chi connectivity index (χ1v) is 7.13. The van der Waals surface area contributed by atoms with Crippen LogP contribution in [0.3, 0.4) is 0 Å². The fourth-order valence-electron chi connectivity index (χ4n) is 1.34. The Morgan fingerprint density at radius 1 is 1.22 bits per heavy atom. The molecule has 0 saturated heterocycles. The lowest BCUT2D eigenvalue weighted by molar-refractivity contribution is -0.120. The summed E-state index contributed by atoms with van der Waals surface area (Å²) in [6.45, 7) is 2.79. The van der Waals surface area contributed by atoms with Crippen LogP contribution in [0.25, 0.3) is 0 Å². The Hall–Kier alpha value is -0.880. The van der Waals surface area contributed by atoms with Gasteiger partial charge in [0.25, 0.3) is 5.91 Å². The molecule has 2 amide bonds. The van der Waals surface area contributed by atoms with Gasteiger partial charge >= 0.3 is 0 Å². The molecule has 18 heavy (non-hydrogen) atoms. The van der Waals surface area contributed by atoms with Gasteiger partial charge in [-0.05, 0) is 41.1 Å². The number of benzene rings is 1. The van der Waals surface area contributed by atoms with Crippen LogP contribution in [0.2, 0.25) is 0 Å². The van der Waals surface area contributed by atoms with Crippen LogP contribution < -0.4 is 10.6 Å². The summed E-state index contributed by atoms with van der Waals surface area (Å²) >= 11 is 6.64. The lowest BCUT2D eigenvalue weighted by Gasteiger charge is -2.07. The van der Waals surface area contributed by atoms with Crippen molar-refractivity contribution in [2.75, 3.05) is 13.1 Å². The van der Waals surface area contributed by atoms with Crippen molar-refractivity contribution in [1.29, 1.82) is 0 Å². The van der Waals surface area contributed by atoms with E-state index in [2.05, 4.69) is 42.5 Å². The molecule has 0 aromatic heterocycles. The molecule has 1 rings (SSSR count). The van der Waals surface area contributed by atoms with E-state index >= 15 is 0 Å². The van der Waals surface area contributed by atoms with E-state index in [9.17, 15) is 9.59 Å². The first-order valence-electron chi connectivity index (χ1n) is 5.54. The molecule has 0 atom stereocenters. The fraction of sp³-hybridized carbons (Fsp3) is 0.333. The van der Waals surface area contributed by atoms with Crippen molar-refractivity contribution in [3.63, 3.8) is 0 Å². The van der Waals surface area contributed by atoms with E-state index in [-0.39, 0.29) is 18.2 Å². The molecule has 0 saturated carbocycles. The van der Waals surface area contributed by atoms with Gasteiger partial charge in [0.05, 0.1) is 5.56 Å². The molecule has 0 heterocycles. The maximum Gasteiger partial charge on any atom is 0.252 e. The van der Waals surface area contributed by atoms with E-state index in [1.54, 1.807) is 18.2 Å². The van der Waals surface area contributed by atoms with Gasteiger partial charge in [-0.2, -0.15) is 0 Å². The van der Waals surface area contributed by atoms with Gasteiger partial charge in [-0.1, -0.05) is 15.9 Å². The van der Waals surface area contributed by atoms with E-state index in [0.29, 0.717) is 23.1 Å². The summed E-state index contributed by atoms with van der Waals surface area (Å²) in [7, 11) is 0. The molecule has 0 fully saturated rings. The van der Waals surface area contributed by atoms with Crippen LogP contribution in [0.15, 0.2) is 27.1 Å². The zero-order valence-corrected chi connectivity index (χ0v) is 13.1. The molecule has 6 heteroatoms. The second-order valence-corrected chi connectivity index (χ2v) is 5.35. The Morgan fingerprint density at radius 3 is 2.56 bits per heavy atom. The topological polar surface area (TPSA) is 58.2 Å². The van der Waals surface area contributed by atoms with Gasteiger partial charge < -0.3 is 10.6 Å². The predicted octanol–water partition coefficient (Wildman–Crippen LogP) is 2.47. The molecule has 1 aromatic rings. The van der Waals surface area contributed by atoms with Gasteiger partial charge in [0.1, 0.15) is 0 Å². The second kappa shape index (κ2) is 7.53. The molecule has 0 aliphatic carbocycles. The van der Waals surface area contributed by atoms with Crippen molar-refractivity contribution in [2.45, 2.75) is 13.3 Å². The first kappa shape index (κ1) is 15.2. The molecule has 2 N–H and O–H groups in total. The standard InChI is InChI=1S/C12H14Br2N2O2/c1-2-15-11(17)5-6-16-12(18)9-4-3-8(13)7-10(9)14/h3-4,7H,2,5-6H2,1H3,(H,15,17)(H,16,18). The van der Waals surface area contributed by atoms with E-state index in [0.717, 1.165) is 4.47 Å². The number of amides is 2. The average Bonchev–Trinajstić information content (AvgIpc) is 2.29. The first-order chi connectivity index (χ1) is 8.54. The normalized spacial score (nSPS) is 9.94. The Morgan fingerprint density at radius 2 is 1.94 bits per heavy atom. The lowest BCUT2D eigenvalue weighted by Crippen LogP contribution is -2.30. The van der Waals surface area contributed by atoms with E-state index in [1.165, 1.54) is 0 Å². The minimum atomic E-state index is -0.196. The van der Waals surface area contributed by atoms with Crippen molar-refractivity contribution < 1.29 is 9.59 Å². The molecular weight excluding hydrogens is 364 g/mol. The highest BCUT2D eigenvalue weighted by molar-refractivity contribution is 9.11. The SMILES string of the molecule is CCNC(=O)CCNC(=O)c1ccc(Br)cc1Br. The summed E-state index contributed by atoms with van der Waals surface area (Å²) in [5.41, 5.74) is 0.550. The summed E-state index contributed by atoms with van der Waals surface area (Å²) in [4.78, 5) is 23.0. The number of carbonyl (C=O) groups excluding carboxylic acids is 2. The van der Waals surface area contributed by atoms with Gasteiger partial charge in [0, 0.05) is 28.5 Å². The van der Waals surface area contributed by atoms with Gasteiger partial charge in [-0.3, -0.25) is 9.59 Å². The molecule has 0 aliphatic heterocycles. The van der Waals surface area contributed by atoms with Gasteiger partial charge in [0.2, 0.25) is 5.91 Å². The van der Waals surface area contributed by atoms with Crippen molar-refractivity contribution in [2.24, 2.45) is 0 Å². The van der Waals surface area contributed by atoms with Crippen molar-refractivity contribution in [1.82, 2.24) is 10.6 Å². The molecule has 98 valence electrons. The van der Waals surface area contributed by atoms with Crippen LogP contribution in [0.4, 0.5) is 0 Å². The molecule has 0 unspecified atom stereocenters. The number of hydrogen-bond donors (Lipinski definition) is 2. The molecule has 0 radical (unpaired) electrons. The van der Waals surface area contributed by atoms with Crippen LogP contribution in [-0.4, -0.2) is 24.9 Å². The molecule has 0 bridgehead atoms. The summed E-state index contributed by atoms with van der Waals surface area (Å²) in [6, 6.07) is 5.32. The molecular formula is C12H14Br2N2O2. The van der Waals surface area contributed by atoms with Crippen LogP contribution in [0.5, 0.6) is 0 Å². The highest BCUT2D eigenvalue weighted by Crippen LogP contribution is 2.21. The predicted molar refractivity (Wildman–Crippen MR) is 77.5 cm³/mol. The molecule has 4 nitrogen and oxygen atoms in total. The van der Waals surface area contributed by atoms with Gasteiger partial charge in [0.15, 0.2) is 0 Å². The molecule has 0 spiro atoms. The number of carbonyl (C=O) groups is 2. The number of nitrogens with one attached hydrogen (secondary N) is 2. The van der Waals surface area contributed by atoms with E-state index in [1.807, 2.05) is 6.92 Å². The third-order valence-electron chi connectivity index (χ3n) is 2.19. The number of halogens is 2.